The molecule has 8 heteroatoms. The molecule has 1 unspecified atom stereocenters. The van der Waals surface area contributed by atoms with Crippen LogP contribution in [0.5, 0.6) is 5.75 Å². The average Bonchev–Trinajstić information content (AvgIpc) is 3.42. The van der Waals surface area contributed by atoms with E-state index < -0.39 is 0 Å². The molecule has 7 nitrogen and oxygen atoms in total. The number of rotatable bonds is 8. The second-order valence-electron chi connectivity index (χ2n) is 7.40. The van der Waals surface area contributed by atoms with Crippen LogP contribution >= 0.6 is 24.0 Å². The van der Waals surface area contributed by atoms with Crippen LogP contribution in [0.3, 0.4) is 0 Å². The van der Waals surface area contributed by atoms with Crippen molar-refractivity contribution in [3.05, 3.63) is 47.2 Å². The van der Waals surface area contributed by atoms with Crippen molar-refractivity contribution in [3.8, 4) is 5.75 Å². The molecule has 0 spiro atoms. The summed E-state index contributed by atoms with van der Waals surface area (Å²) in [6.07, 6.45) is 6.07. The molecule has 0 radical (unpaired) electrons. The van der Waals surface area contributed by atoms with Crippen molar-refractivity contribution in [1.82, 2.24) is 20.5 Å². The summed E-state index contributed by atoms with van der Waals surface area (Å²) in [7, 11) is 1.70. The smallest absolute Gasteiger partial charge is 0.191 e. The van der Waals surface area contributed by atoms with Crippen molar-refractivity contribution in [2.24, 2.45) is 4.99 Å². The summed E-state index contributed by atoms with van der Waals surface area (Å²) in [6, 6.07) is 4.22. The van der Waals surface area contributed by atoms with E-state index in [1.165, 1.54) is 12.8 Å². The molecule has 1 atom stereocenters. The highest BCUT2D eigenvalue weighted by Gasteiger charge is 2.25. The van der Waals surface area contributed by atoms with E-state index in [4.69, 9.17) is 14.1 Å². The third kappa shape index (κ3) is 6.10. The van der Waals surface area contributed by atoms with Gasteiger partial charge in [-0.2, -0.15) is 0 Å². The summed E-state index contributed by atoms with van der Waals surface area (Å²) < 4.78 is 11.2. The largest absolute Gasteiger partial charge is 0.496 e. The zero-order chi connectivity index (χ0) is 20.6. The minimum absolute atomic E-state index is 0. The van der Waals surface area contributed by atoms with Gasteiger partial charge in [-0.05, 0) is 58.8 Å². The maximum absolute atomic E-state index is 5.72. The lowest BCUT2D eigenvalue weighted by Crippen LogP contribution is -2.42. The second-order valence-corrected chi connectivity index (χ2v) is 7.40. The van der Waals surface area contributed by atoms with E-state index >= 15 is 0 Å². The van der Waals surface area contributed by atoms with E-state index in [9.17, 15) is 0 Å². The molecule has 3 heterocycles. The van der Waals surface area contributed by atoms with E-state index in [1.54, 1.807) is 13.4 Å². The number of halogens is 1. The normalized spacial score (nSPS) is 15.5. The number of furan rings is 1. The Bertz CT molecular complexity index is 804. The molecule has 0 bridgehead atoms. The topological polar surface area (TPSA) is 74.9 Å². The van der Waals surface area contributed by atoms with E-state index in [0.29, 0.717) is 6.54 Å². The molecule has 166 valence electrons. The van der Waals surface area contributed by atoms with E-state index in [2.05, 4.69) is 33.5 Å². The number of ether oxygens (including phenoxy) is 1. The molecule has 1 fully saturated rings. The number of aromatic nitrogens is 1. The summed E-state index contributed by atoms with van der Waals surface area (Å²) in [4.78, 5) is 11.8. The molecule has 2 N–H and O–H groups in total. The van der Waals surface area contributed by atoms with Gasteiger partial charge in [-0.15, -0.1) is 24.0 Å². The van der Waals surface area contributed by atoms with Gasteiger partial charge in [-0.1, -0.05) is 0 Å². The van der Waals surface area contributed by atoms with Crippen molar-refractivity contribution in [2.45, 2.75) is 46.2 Å². The first-order valence-electron chi connectivity index (χ1n) is 10.4. The molecule has 2 aromatic heterocycles. The summed E-state index contributed by atoms with van der Waals surface area (Å²) in [5, 5.41) is 6.83. The third-order valence-electron chi connectivity index (χ3n) is 5.40. The van der Waals surface area contributed by atoms with Crippen LogP contribution in [0, 0.1) is 13.8 Å². The van der Waals surface area contributed by atoms with Gasteiger partial charge in [0.05, 0.1) is 31.7 Å². The maximum Gasteiger partial charge on any atom is 0.191 e. The van der Waals surface area contributed by atoms with Crippen LogP contribution in [-0.4, -0.2) is 49.1 Å². The van der Waals surface area contributed by atoms with Crippen LogP contribution < -0.4 is 15.4 Å². The van der Waals surface area contributed by atoms with Gasteiger partial charge in [0.15, 0.2) is 5.96 Å². The standard InChI is InChI=1S/C22H33N5O2.HI/c1-5-23-22(25-14-18-17(3)21(28-4)16(2)13-24-18)26-15-19(20-9-8-12-29-20)27-10-6-7-11-27;/h8-9,12-13,19H,5-7,10-11,14-15H2,1-4H3,(H2,23,25,26);1H. The highest BCUT2D eigenvalue weighted by atomic mass is 127. The van der Waals surface area contributed by atoms with E-state index in [1.807, 2.05) is 26.1 Å². The molecule has 1 saturated heterocycles. The summed E-state index contributed by atoms with van der Waals surface area (Å²) in [6.45, 7) is 10.3. The Morgan fingerprint density at radius 1 is 1.30 bits per heavy atom. The minimum Gasteiger partial charge on any atom is -0.496 e. The quantitative estimate of drug-likeness (QED) is 0.309. The van der Waals surface area contributed by atoms with Crippen molar-refractivity contribution >= 4 is 29.9 Å². The van der Waals surface area contributed by atoms with Gasteiger partial charge in [0.1, 0.15) is 11.5 Å². The van der Waals surface area contributed by atoms with Crippen LogP contribution in [0.1, 0.15) is 48.4 Å². The highest BCUT2D eigenvalue weighted by Crippen LogP contribution is 2.25. The van der Waals surface area contributed by atoms with Crippen molar-refractivity contribution in [3.63, 3.8) is 0 Å². The number of aliphatic imine (C=N–C) groups is 1. The van der Waals surface area contributed by atoms with Crippen LogP contribution in [0.4, 0.5) is 0 Å². The Hall–Kier alpha value is -1.81. The Labute approximate surface area is 196 Å². The predicted octanol–water partition coefficient (Wildman–Crippen LogP) is 3.81. The number of hydrogen-bond donors (Lipinski definition) is 2. The fraction of sp³-hybridized carbons (Fsp3) is 0.545. The Kier molecular flexibility index (Phi) is 9.90. The number of likely N-dealkylation sites (tertiary alicyclic amines) is 1. The first kappa shape index (κ1) is 24.5. The van der Waals surface area contributed by atoms with Crippen LogP contribution in [-0.2, 0) is 6.54 Å². The van der Waals surface area contributed by atoms with Gasteiger partial charge in [0, 0.05) is 30.4 Å². The summed E-state index contributed by atoms with van der Waals surface area (Å²) in [5.74, 6) is 2.66. The number of guanidine groups is 1. The van der Waals surface area contributed by atoms with E-state index in [0.717, 1.165) is 60.5 Å². The summed E-state index contributed by atoms with van der Waals surface area (Å²) in [5.41, 5.74) is 3.00. The molecule has 0 aromatic carbocycles. The van der Waals surface area contributed by atoms with Gasteiger partial charge in [0.25, 0.3) is 0 Å². The van der Waals surface area contributed by atoms with Crippen molar-refractivity contribution in [2.75, 3.05) is 33.3 Å². The van der Waals surface area contributed by atoms with Gasteiger partial charge in [-0.3, -0.25) is 9.88 Å². The molecular weight excluding hydrogens is 493 g/mol. The Morgan fingerprint density at radius 3 is 2.70 bits per heavy atom. The van der Waals surface area contributed by atoms with Crippen molar-refractivity contribution < 1.29 is 9.15 Å². The van der Waals surface area contributed by atoms with Gasteiger partial charge < -0.3 is 19.8 Å². The minimum atomic E-state index is 0. The Balaban J connectivity index is 0.00000320. The second kappa shape index (κ2) is 12.1. The van der Waals surface area contributed by atoms with Gasteiger partial charge in [0.2, 0.25) is 0 Å². The molecule has 0 aliphatic carbocycles. The highest BCUT2D eigenvalue weighted by molar-refractivity contribution is 14.0. The fourth-order valence-electron chi connectivity index (χ4n) is 3.86. The number of hydrogen-bond acceptors (Lipinski definition) is 5. The fourth-order valence-corrected chi connectivity index (χ4v) is 3.86. The van der Waals surface area contributed by atoms with Gasteiger partial charge >= 0.3 is 0 Å². The lowest BCUT2D eigenvalue weighted by molar-refractivity contribution is 0.215. The van der Waals surface area contributed by atoms with Crippen LogP contribution in [0.25, 0.3) is 0 Å². The zero-order valence-corrected chi connectivity index (χ0v) is 20.7. The Morgan fingerprint density at radius 2 is 2.07 bits per heavy atom. The number of aryl methyl sites for hydroxylation is 1. The molecule has 1 aliphatic rings. The lowest BCUT2D eigenvalue weighted by atomic mass is 10.1. The number of methoxy groups -OCH3 is 1. The monoisotopic (exact) mass is 527 g/mol. The maximum atomic E-state index is 5.72. The first-order chi connectivity index (χ1) is 14.1. The van der Waals surface area contributed by atoms with E-state index in [-0.39, 0.29) is 30.0 Å². The SMILES string of the molecule is CCNC(=NCc1ncc(C)c(OC)c1C)NCC(c1ccco1)N1CCCC1.I. The molecule has 2 aromatic rings. The first-order valence-corrected chi connectivity index (χ1v) is 10.4. The molecule has 1 aliphatic heterocycles. The molecule has 30 heavy (non-hydrogen) atoms. The number of pyridine rings is 1. The zero-order valence-electron chi connectivity index (χ0n) is 18.4. The summed E-state index contributed by atoms with van der Waals surface area (Å²) >= 11 is 0. The molecule has 0 saturated carbocycles. The third-order valence-corrected chi connectivity index (χ3v) is 5.40. The van der Waals surface area contributed by atoms with Crippen molar-refractivity contribution in [1.29, 1.82) is 0 Å². The number of nitrogens with one attached hydrogen (secondary N) is 2. The molecule has 3 rings (SSSR count). The lowest BCUT2D eigenvalue weighted by Gasteiger charge is -2.26. The van der Waals surface area contributed by atoms with Crippen LogP contribution in [0.2, 0.25) is 0 Å². The predicted molar refractivity (Wildman–Crippen MR) is 131 cm³/mol. The molecular formula is C22H34IN5O2. The average molecular weight is 527 g/mol. The molecule has 0 amide bonds. The van der Waals surface area contributed by atoms with Gasteiger partial charge in [-0.25, -0.2) is 4.99 Å². The number of nitrogens with zero attached hydrogens (tertiary/aromatic N) is 3. The van der Waals surface area contributed by atoms with Crippen LogP contribution in [0.15, 0.2) is 34.0 Å².